The van der Waals surface area contributed by atoms with Crippen LogP contribution in [0.2, 0.25) is 4.44 Å². The van der Waals surface area contributed by atoms with Crippen molar-refractivity contribution < 1.29 is 28.6 Å². The summed E-state index contributed by atoms with van der Waals surface area (Å²) in [5.74, 6) is -4.46. The predicted octanol–water partition coefficient (Wildman–Crippen LogP) is 3.78. The summed E-state index contributed by atoms with van der Waals surface area (Å²) in [6, 6.07) is 24.8. The number of esters is 3. The van der Waals surface area contributed by atoms with Crippen molar-refractivity contribution in [2.45, 2.75) is 23.3 Å². The fraction of sp³-hybridized carbons (Fsp3) is 0.160. The number of benzene rings is 3. The molecular weight excluding hydrogens is 515 g/mol. The fourth-order valence-electron chi connectivity index (χ4n) is 2.93. The molecule has 0 unspecified atom stereocenters. The molecule has 6 nitrogen and oxygen atoms in total. The Balaban J connectivity index is 1.95. The van der Waals surface area contributed by atoms with Gasteiger partial charge in [-0.05, 0) is 0 Å². The second kappa shape index (κ2) is 11.5. The van der Waals surface area contributed by atoms with E-state index in [9.17, 15) is 14.4 Å². The molecule has 0 saturated carbocycles. The summed E-state index contributed by atoms with van der Waals surface area (Å²) in [5.41, 5.74) is 0.747. The van der Waals surface area contributed by atoms with Gasteiger partial charge in [-0.25, -0.2) is 0 Å². The Morgan fingerprint density at radius 1 is 0.594 bits per heavy atom. The van der Waals surface area contributed by atoms with Crippen LogP contribution in [0.25, 0.3) is 0 Å². The van der Waals surface area contributed by atoms with Crippen LogP contribution < -0.4 is 0 Å². The Morgan fingerprint density at radius 2 is 0.906 bits per heavy atom. The standard InChI is InChI=1S/C25H21O6.Sn.3H/c1-2-18-25(29-22(26)19-12-6-3-7-13-19,30-23(27)20-14-8-4-9-15-20)31-24(28)21-16-10-5-11-17-21;;;;/h3-17H,1-2,18H2;;;;. The molecule has 3 aromatic carbocycles. The summed E-state index contributed by atoms with van der Waals surface area (Å²) >= 11 is 0.355. The number of carbonyl (C=O) groups excluding carboxylic acids is 3. The second-order valence-corrected chi connectivity index (χ2v) is 9.91. The average molecular weight is 539 g/mol. The topological polar surface area (TPSA) is 78.9 Å². The molecule has 0 radical (unpaired) electrons. The molecular formula is C25H24O6Sn. The summed E-state index contributed by atoms with van der Waals surface area (Å²) in [6.45, 7) is 0. The molecule has 0 aliphatic carbocycles. The summed E-state index contributed by atoms with van der Waals surface area (Å²) in [6.07, 6.45) is 0.610. The third kappa shape index (κ3) is 6.43. The zero-order chi connectivity index (χ0) is 22.8. The van der Waals surface area contributed by atoms with Crippen LogP contribution in [0, 0.1) is 0 Å². The van der Waals surface area contributed by atoms with E-state index in [1.165, 1.54) is 0 Å². The molecule has 0 N–H and O–H groups in total. The van der Waals surface area contributed by atoms with Crippen molar-refractivity contribution in [2.24, 2.45) is 0 Å². The normalized spacial score (nSPS) is 10.9. The summed E-state index contributed by atoms with van der Waals surface area (Å²) < 4.78 is 17.7. The quantitative estimate of drug-likeness (QED) is 0.234. The van der Waals surface area contributed by atoms with Gasteiger partial charge in [0.2, 0.25) is 0 Å². The molecule has 0 fully saturated rings. The van der Waals surface area contributed by atoms with Crippen molar-refractivity contribution in [3.8, 4) is 0 Å². The van der Waals surface area contributed by atoms with E-state index in [1.807, 2.05) is 0 Å². The first-order chi connectivity index (χ1) is 15.5. The molecule has 3 aromatic rings. The Morgan fingerprint density at radius 3 is 1.19 bits per heavy atom. The van der Waals surface area contributed by atoms with E-state index in [-0.39, 0.29) is 23.1 Å². The molecule has 32 heavy (non-hydrogen) atoms. The van der Waals surface area contributed by atoms with Crippen LogP contribution in [0.15, 0.2) is 91.0 Å². The maximum absolute atomic E-state index is 12.9. The van der Waals surface area contributed by atoms with Gasteiger partial charge in [-0.2, -0.15) is 0 Å². The molecule has 0 aliphatic heterocycles. The Hall–Kier alpha value is -3.13. The zero-order valence-electron chi connectivity index (χ0n) is 17.7. The average Bonchev–Trinajstić information content (AvgIpc) is 2.84. The van der Waals surface area contributed by atoms with Crippen LogP contribution in [-0.4, -0.2) is 46.4 Å². The van der Waals surface area contributed by atoms with E-state index in [4.69, 9.17) is 14.2 Å². The van der Waals surface area contributed by atoms with Gasteiger partial charge < -0.3 is 0 Å². The van der Waals surface area contributed by atoms with E-state index in [1.54, 1.807) is 91.0 Å². The summed E-state index contributed by atoms with van der Waals surface area (Å²) in [4.78, 5) is 38.6. The molecule has 0 bridgehead atoms. The predicted molar refractivity (Wildman–Crippen MR) is 122 cm³/mol. The first kappa shape index (κ1) is 23.5. The van der Waals surface area contributed by atoms with Gasteiger partial charge in [-0.1, -0.05) is 0 Å². The van der Waals surface area contributed by atoms with Crippen LogP contribution in [0.5, 0.6) is 0 Å². The van der Waals surface area contributed by atoms with Crippen molar-refractivity contribution in [1.29, 1.82) is 0 Å². The molecule has 0 saturated heterocycles. The molecule has 0 aliphatic rings. The van der Waals surface area contributed by atoms with Crippen LogP contribution >= 0.6 is 0 Å². The molecule has 7 heteroatoms. The third-order valence-corrected chi connectivity index (χ3v) is 6.63. The number of rotatable bonds is 9. The summed E-state index contributed by atoms with van der Waals surface area (Å²) in [7, 11) is 0. The van der Waals surface area contributed by atoms with Crippen molar-refractivity contribution in [3.63, 3.8) is 0 Å². The van der Waals surface area contributed by atoms with Gasteiger partial charge in [-0.15, -0.1) is 0 Å². The first-order valence-corrected chi connectivity index (χ1v) is 14.4. The Labute approximate surface area is 199 Å². The van der Waals surface area contributed by atoms with Gasteiger partial charge in [0.25, 0.3) is 0 Å². The van der Waals surface area contributed by atoms with Gasteiger partial charge in [0, 0.05) is 0 Å². The Kier molecular flexibility index (Phi) is 8.44. The monoisotopic (exact) mass is 540 g/mol. The maximum atomic E-state index is 12.9. The number of carbonyl (C=O) groups is 3. The second-order valence-electron chi connectivity index (χ2n) is 7.05. The molecule has 164 valence electrons. The number of hydrogen-bond donors (Lipinski definition) is 0. The first-order valence-electron chi connectivity index (χ1n) is 10.4. The van der Waals surface area contributed by atoms with Gasteiger partial charge in [0.1, 0.15) is 0 Å². The SMILES string of the molecule is O=C(OC(CC[CH2][SnH3])(OC(=O)c1ccccc1)OC(=O)c1ccccc1)c1ccccc1. The molecule has 0 aromatic heterocycles. The minimum atomic E-state index is -2.19. The van der Waals surface area contributed by atoms with Crippen molar-refractivity contribution in [2.75, 3.05) is 0 Å². The van der Waals surface area contributed by atoms with Crippen LogP contribution in [-0.2, 0) is 14.2 Å². The molecule has 0 atom stereocenters. The van der Waals surface area contributed by atoms with E-state index in [2.05, 4.69) is 0 Å². The van der Waals surface area contributed by atoms with E-state index in [0.29, 0.717) is 28.9 Å². The number of ether oxygens (including phenoxy) is 3. The van der Waals surface area contributed by atoms with Gasteiger partial charge in [-0.3, -0.25) is 0 Å². The molecule has 0 heterocycles. The van der Waals surface area contributed by atoms with E-state index < -0.39 is 23.9 Å². The van der Waals surface area contributed by atoms with E-state index in [0.717, 1.165) is 4.44 Å². The molecule has 0 amide bonds. The summed E-state index contributed by atoms with van der Waals surface area (Å²) in [5, 5.41) is 0. The molecule has 0 spiro atoms. The zero-order valence-corrected chi connectivity index (χ0v) is 23.4. The Bertz CT molecular complexity index is 908. The van der Waals surface area contributed by atoms with Gasteiger partial charge in [0.05, 0.1) is 0 Å². The van der Waals surface area contributed by atoms with Gasteiger partial charge in [0.15, 0.2) is 0 Å². The van der Waals surface area contributed by atoms with Crippen LogP contribution in [0.1, 0.15) is 43.9 Å². The van der Waals surface area contributed by atoms with E-state index >= 15 is 0 Å². The van der Waals surface area contributed by atoms with Crippen molar-refractivity contribution >= 4 is 40.4 Å². The van der Waals surface area contributed by atoms with Crippen LogP contribution in [0.3, 0.4) is 0 Å². The fourth-order valence-corrected chi connectivity index (χ4v) is 3.94. The minimum absolute atomic E-state index is 0.0378. The van der Waals surface area contributed by atoms with Crippen LogP contribution in [0.4, 0.5) is 0 Å². The van der Waals surface area contributed by atoms with Crippen molar-refractivity contribution in [3.05, 3.63) is 108 Å². The van der Waals surface area contributed by atoms with Gasteiger partial charge >= 0.3 is 200 Å². The third-order valence-electron chi connectivity index (χ3n) is 4.61. The van der Waals surface area contributed by atoms with Crippen molar-refractivity contribution in [1.82, 2.24) is 0 Å². The molecule has 3 rings (SSSR count). The number of hydrogen-bond acceptors (Lipinski definition) is 6.